The maximum Gasteiger partial charge on any atom is 0.376 e. The normalized spacial score (nSPS) is 12.9. The molecule has 0 fully saturated rings. The number of non-ortho nitro benzene ring substituents is 1. The van der Waals surface area contributed by atoms with Crippen molar-refractivity contribution in [1.82, 2.24) is 0 Å². The molecule has 0 aromatic heterocycles. The van der Waals surface area contributed by atoms with Gasteiger partial charge in [0, 0.05) is 24.6 Å². The molecular weight excluding hydrogens is 240 g/mol. The minimum absolute atomic E-state index is 0.0642. The third-order valence-electron chi connectivity index (χ3n) is 2.30. The van der Waals surface area contributed by atoms with Crippen molar-refractivity contribution < 1.29 is 19.2 Å². The smallest absolute Gasteiger partial charge is 0.376 e. The number of hydrogen-bond donors (Lipinski definition) is 0. The standard InChI is InChI=1S/C11H12N2O5/c1-8(11(14)18-2)12(15)7-9-3-5-10(6-4-9)13(16)17/h3-8H,1-2H3/b12-7-. The largest absolute Gasteiger partial charge is 0.623 e. The van der Waals surface area contributed by atoms with E-state index in [1.54, 1.807) is 0 Å². The third kappa shape index (κ3) is 3.27. The quantitative estimate of drug-likeness (QED) is 0.199. The average Bonchev–Trinajstić information content (AvgIpc) is 2.37. The summed E-state index contributed by atoms with van der Waals surface area (Å²) in [6.45, 7) is 1.40. The summed E-state index contributed by atoms with van der Waals surface area (Å²) >= 11 is 0. The van der Waals surface area contributed by atoms with Gasteiger partial charge in [0.2, 0.25) is 0 Å². The van der Waals surface area contributed by atoms with E-state index in [-0.39, 0.29) is 5.69 Å². The van der Waals surface area contributed by atoms with E-state index in [2.05, 4.69) is 4.74 Å². The molecule has 0 aliphatic rings. The van der Waals surface area contributed by atoms with Gasteiger partial charge in [-0.15, -0.1) is 0 Å². The molecular formula is C11H12N2O5. The van der Waals surface area contributed by atoms with E-state index in [9.17, 15) is 20.1 Å². The molecule has 96 valence electrons. The van der Waals surface area contributed by atoms with Gasteiger partial charge in [0.15, 0.2) is 6.21 Å². The van der Waals surface area contributed by atoms with Crippen LogP contribution >= 0.6 is 0 Å². The molecule has 18 heavy (non-hydrogen) atoms. The Hall–Kier alpha value is -2.44. The second-order valence-corrected chi connectivity index (χ2v) is 3.54. The van der Waals surface area contributed by atoms with Gasteiger partial charge in [-0.05, 0) is 12.1 Å². The van der Waals surface area contributed by atoms with Crippen LogP contribution < -0.4 is 0 Å². The zero-order valence-electron chi connectivity index (χ0n) is 9.90. The maximum absolute atomic E-state index is 11.6. The van der Waals surface area contributed by atoms with Crippen LogP contribution in [0.1, 0.15) is 12.5 Å². The van der Waals surface area contributed by atoms with E-state index in [0.29, 0.717) is 10.3 Å². The maximum atomic E-state index is 11.6. The Kier molecular flexibility index (Phi) is 4.36. The van der Waals surface area contributed by atoms with Crippen molar-refractivity contribution in [3.05, 3.63) is 45.2 Å². The fraction of sp³-hybridized carbons (Fsp3) is 0.273. The summed E-state index contributed by atoms with van der Waals surface area (Å²) in [5.74, 6) is -0.650. The number of rotatable bonds is 4. The minimum atomic E-state index is -0.967. The highest BCUT2D eigenvalue weighted by Crippen LogP contribution is 2.10. The van der Waals surface area contributed by atoms with Crippen molar-refractivity contribution in [2.75, 3.05) is 7.11 Å². The van der Waals surface area contributed by atoms with Gasteiger partial charge in [-0.1, -0.05) is 0 Å². The summed E-state index contributed by atoms with van der Waals surface area (Å²) in [6, 6.07) is 4.44. The first kappa shape index (κ1) is 13.6. The Morgan fingerprint density at radius 1 is 1.33 bits per heavy atom. The van der Waals surface area contributed by atoms with Gasteiger partial charge >= 0.3 is 5.97 Å². The topological polar surface area (TPSA) is 95.5 Å². The van der Waals surface area contributed by atoms with E-state index < -0.39 is 16.9 Å². The molecule has 0 saturated heterocycles. The lowest BCUT2D eigenvalue weighted by Gasteiger charge is -2.09. The Morgan fingerprint density at radius 2 is 1.89 bits per heavy atom. The number of nitro benzene ring substituents is 1. The number of ether oxygens (including phenoxy) is 1. The molecule has 1 rings (SSSR count). The number of carbonyl (C=O) groups is 1. The van der Waals surface area contributed by atoms with Gasteiger partial charge in [-0.2, -0.15) is 4.74 Å². The van der Waals surface area contributed by atoms with Gasteiger partial charge in [-0.3, -0.25) is 10.1 Å². The summed E-state index contributed by atoms with van der Waals surface area (Å²) in [4.78, 5) is 21.0. The number of nitro groups is 1. The van der Waals surface area contributed by atoms with Crippen LogP contribution in [0.3, 0.4) is 0 Å². The molecule has 7 heteroatoms. The van der Waals surface area contributed by atoms with Crippen molar-refractivity contribution in [2.45, 2.75) is 13.0 Å². The highest BCUT2D eigenvalue weighted by Gasteiger charge is 2.20. The summed E-state index contributed by atoms with van der Waals surface area (Å²) in [5.41, 5.74) is 0.400. The van der Waals surface area contributed by atoms with Gasteiger partial charge in [0.05, 0.1) is 12.0 Å². The van der Waals surface area contributed by atoms with Gasteiger partial charge in [0.25, 0.3) is 11.7 Å². The average molecular weight is 252 g/mol. The van der Waals surface area contributed by atoms with Crippen molar-refractivity contribution in [3.8, 4) is 0 Å². The summed E-state index contributed by atoms with van der Waals surface area (Å²) < 4.78 is 4.87. The van der Waals surface area contributed by atoms with E-state index in [1.165, 1.54) is 44.5 Å². The van der Waals surface area contributed by atoms with Crippen LogP contribution in [-0.4, -0.2) is 35.0 Å². The van der Waals surface area contributed by atoms with E-state index in [1.807, 2.05) is 0 Å². The lowest BCUT2D eigenvalue weighted by atomic mass is 10.2. The molecule has 0 saturated carbocycles. The molecule has 0 aliphatic heterocycles. The fourth-order valence-corrected chi connectivity index (χ4v) is 1.22. The van der Waals surface area contributed by atoms with E-state index in [0.717, 1.165) is 0 Å². The molecule has 0 amide bonds. The minimum Gasteiger partial charge on any atom is -0.623 e. The van der Waals surface area contributed by atoms with Crippen molar-refractivity contribution in [1.29, 1.82) is 0 Å². The Morgan fingerprint density at radius 3 is 2.33 bits per heavy atom. The lowest BCUT2D eigenvalue weighted by Crippen LogP contribution is -2.29. The SMILES string of the molecule is COC(=O)C(C)/[N+]([O-])=C/c1ccc([N+](=O)[O-])cc1. The molecule has 1 unspecified atom stereocenters. The Balaban J connectivity index is 2.88. The van der Waals surface area contributed by atoms with Crippen LogP contribution in [-0.2, 0) is 9.53 Å². The summed E-state index contributed by atoms with van der Waals surface area (Å²) in [5, 5.41) is 22.0. The number of hydrogen-bond acceptors (Lipinski definition) is 5. The van der Waals surface area contributed by atoms with E-state index in [4.69, 9.17) is 0 Å². The summed E-state index contributed by atoms with van der Waals surface area (Å²) in [6.07, 6.45) is 1.17. The molecule has 0 radical (unpaired) electrons. The number of carbonyl (C=O) groups excluding carboxylic acids is 1. The monoisotopic (exact) mass is 252 g/mol. The Bertz CT molecular complexity index is 481. The molecule has 0 heterocycles. The predicted molar refractivity (Wildman–Crippen MR) is 63.4 cm³/mol. The molecule has 0 bridgehead atoms. The zero-order chi connectivity index (χ0) is 13.7. The molecule has 0 aliphatic carbocycles. The number of methoxy groups -OCH3 is 1. The van der Waals surface area contributed by atoms with Crippen molar-refractivity contribution in [3.63, 3.8) is 0 Å². The zero-order valence-corrected chi connectivity index (χ0v) is 9.90. The molecule has 7 nitrogen and oxygen atoms in total. The third-order valence-corrected chi connectivity index (χ3v) is 2.30. The van der Waals surface area contributed by atoms with Crippen molar-refractivity contribution >= 4 is 17.9 Å². The highest BCUT2D eigenvalue weighted by molar-refractivity contribution is 5.79. The van der Waals surface area contributed by atoms with Crippen LogP contribution in [0.2, 0.25) is 0 Å². The first-order valence-corrected chi connectivity index (χ1v) is 5.08. The van der Waals surface area contributed by atoms with Crippen LogP contribution in [0.5, 0.6) is 0 Å². The molecule has 1 aromatic rings. The van der Waals surface area contributed by atoms with Gasteiger partial charge in [0.1, 0.15) is 0 Å². The van der Waals surface area contributed by atoms with Crippen LogP contribution in [0.15, 0.2) is 24.3 Å². The first-order valence-electron chi connectivity index (χ1n) is 5.08. The summed E-state index contributed by atoms with van der Waals surface area (Å²) in [7, 11) is 1.19. The Labute approximate surface area is 103 Å². The van der Waals surface area contributed by atoms with Crippen molar-refractivity contribution in [2.24, 2.45) is 0 Å². The number of nitrogens with zero attached hydrogens (tertiary/aromatic N) is 2. The first-order chi connectivity index (χ1) is 8.45. The van der Waals surface area contributed by atoms with Crippen LogP contribution in [0.4, 0.5) is 5.69 Å². The highest BCUT2D eigenvalue weighted by atomic mass is 16.6. The molecule has 1 aromatic carbocycles. The number of hydroxylamine groups is 1. The van der Waals surface area contributed by atoms with Gasteiger partial charge in [-0.25, -0.2) is 4.79 Å². The number of esters is 1. The number of benzene rings is 1. The fourth-order valence-electron chi connectivity index (χ4n) is 1.22. The van der Waals surface area contributed by atoms with Gasteiger partial charge < -0.3 is 9.94 Å². The molecule has 0 spiro atoms. The van der Waals surface area contributed by atoms with E-state index >= 15 is 0 Å². The predicted octanol–water partition coefficient (Wildman–Crippen LogP) is 1.09. The second kappa shape index (κ2) is 5.76. The molecule has 1 atom stereocenters. The van der Waals surface area contributed by atoms with Crippen LogP contribution in [0, 0.1) is 15.3 Å². The van der Waals surface area contributed by atoms with Crippen LogP contribution in [0.25, 0.3) is 0 Å². The lowest BCUT2D eigenvalue weighted by molar-refractivity contribution is -0.479. The molecule has 0 N–H and O–H groups in total. The second-order valence-electron chi connectivity index (χ2n) is 3.54.